The Morgan fingerprint density at radius 1 is 1.15 bits per heavy atom. The van der Waals surface area contributed by atoms with Gasteiger partial charge in [0.2, 0.25) is 0 Å². The molecule has 0 radical (unpaired) electrons. The van der Waals surface area contributed by atoms with Crippen molar-refractivity contribution in [3.8, 4) is 0 Å². The summed E-state index contributed by atoms with van der Waals surface area (Å²) in [5, 5.41) is 0. The predicted octanol–water partition coefficient (Wildman–Crippen LogP) is 3.12. The fraction of sp³-hybridized carbons (Fsp3) is 0.938. The molecule has 2 saturated heterocycles. The first kappa shape index (κ1) is 15.6. The lowest BCUT2D eigenvalue weighted by molar-refractivity contribution is 0.0429. The summed E-state index contributed by atoms with van der Waals surface area (Å²) in [5.74, 6) is 0. The van der Waals surface area contributed by atoms with E-state index in [1.165, 1.54) is 0 Å². The Morgan fingerprint density at radius 2 is 1.80 bits per heavy atom. The fourth-order valence-corrected chi connectivity index (χ4v) is 3.47. The zero-order valence-corrected chi connectivity index (χ0v) is 13.5. The van der Waals surface area contributed by atoms with Gasteiger partial charge in [-0.3, -0.25) is 0 Å². The highest BCUT2D eigenvalue weighted by molar-refractivity contribution is 5.75. The van der Waals surface area contributed by atoms with Crippen molar-refractivity contribution < 1.29 is 9.53 Å². The van der Waals surface area contributed by atoms with Crippen LogP contribution in [0.25, 0.3) is 0 Å². The molecule has 0 aromatic carbocycles. The first-order valence-corrected chi connectivity index (χ1v) is 7.99. The Bertz CT molecular complexity index is 330. The molecule has 0 bridgehead atoms. The summed E-state index contributed by atoms with van der Waals surface area (Å²) in [6.07, 6.45) is 5.70. The minimum Gasteiger partial charge on any atom is -0.381 e. The van der Waals surface area contributed by atoms with Crippen molar-refractivity contribution in [1.82, 2.24) is 9.80 Å². The molecule has 2 heterocycles. The number of urea groups is 1. The van der Waals surface area contributed by atoms with E-state index in [2.05, 4.69) is 25.7 Å². The van der Waals surface area contributed by atoms with Crippen LogP contribution < -0.4 is 0 Å². The van der Waals surface area contributed by atoms with E-state index >= 15 is 0 Å². The third-order valence-corrected chi connectivity index (χ3v) is 4.52. The molecule has 0 aliphatic carbocycles. The highest BCUT2D eigenvalue weighted by atomic mass is 16.5. The van der Waals surface area contributed by atoms with Crippen molar-refractivity contribution in [3.63, 3.8) is 0 Å². The summed E-state index contributed by atoms with van der Waals surface area (Å²) in [4.78, 5) is 16.9. The average molecular weight is 282 g/mol. The van der Waals surface area contributed by atoms with E-state index in [0.717, 1.165) is 51.7 Å². The first-order chi connectivity index (χ1) is 9.40. The van der Waals surface area contributed by atoms with Gasteiger partial charge >= 0.3 is 6.03 Å². The molecular formula is C16H30N2O2. The van der Waals surface area contributed by atoms with E-state index in [4.69, 9.17) is 4.74 Å². The number of carbonyl (C=O) groups is 1. The Labute approximate surface area is 123 Å². The molecule has 0 aromatic heterocycles. The molecule has 0 spiro atoms. The Balaban J connectivity index is 1.91. The second-order valence-corrected chi connectivity index (χ2v) is 7.46. The van der Waals surface area contributed by atoms with Gasteiger partial charge in [0.05, 0.1) is 6.10 Å². The van der Waals surface area contributed by atoms with Gasteiger partial charge in [-0.25, -0.2) is 4.79 Å². The highest BCUT2D eigenvalue weighted by Gasteiger charge is 2.35. The van der Waals surface area contributed by atoms with Gasteiger partial charge in [-0.05, 0) is 37.5 Å². The molecule has 2 amide bonds. The summed E-state index contributed by atoms with van der Waals surface area (Å²) in [7, 11) is 1.77. The van der Waals surface area contributed by atoms with E-state index in [1.807, 2.05) is 4.90 Å². The summed E-state index contributed by atoms with van der Waals surface area (Å²) in [6.45, 7) is 9.41. The molecule has 2 aliphatic heterocycles. The van der Waals surface area contributed by atoms with Crippen molar-refractivity contribution in [2.75, 3.05) is 26.7 Å². The maximum Gasteiger partial charge on any atom is 0.320 e. The molecule has 2 aliphatic rings. The monoisotopic (exact) mass is 282 g/mol. The SMILES string of the molecule is COC1CCN(C(=O)N2CCC[C@@H]2CC(C)(C)C)CC1. The number of amides is 2. The number of hydrogen-bond donors (Lipinski definition) is 0. The lowest BCUT2D eigenvalue weighted by atomic mass is 9.87. The molecule has 2 rings (SSSR count). The second kappa shape index (κ2) is 6.33. The number of rotatable bonds is 2. The summed E-state index contributed by atoms with van der Waals surface area (Å²) < 4.78 is 5.38. The summed E-state index contributed by atoms with van der Waals surface area (Å²) in [5.41, 5.74) is 0.288. The van der Waals surface area contributed by atoms with Crippen LogP contribution in [0.3, 0.4) is 0 Å². The molecule has 0 N–H and O–H groups in total. The van der Waals surface area contributed by atoms with Crippen LogP contribution in [-0.2, 0) is 4.74 Å². The lowest BCUT2D eigenvalue weighted by Gasteiger charge is -2.37. The zero-order valence-electron chi connectivity index (χ0n) is 13.5. The molecule has 4 heteroatoms. The van der Waals surface area contributed by atoms with Gasteiger partial charge in [-0.1, -0.05) is 20.8 Å². The topological polar surface area (TPSA) is 32.8 Å². The smallest absolute Gasteiger partial charge is 0.320 e. The van der Waals surface area contributed by atoms with E-state index < -0.39 is 0 Å². The predicted molar refractivity (Wildman–Crippen MR) is 80.8 cm³/mol. The van der Waals surface area contributed by atoms with Crippen LogP contribution in [0.2, 0.25) is 0 Å². The van der Waals surface area contributed by atoms with E-state index in [-0.39, 0.29) is 11.4 Å². The van der Waals surface area contributed by atoms with E-state index in [9.17, 15) is 4.79 Å². The zero-order chi connectivity index (χ0) is 14.8. The summed E-state index contributed by atoms with van der Waals surface area (Å²) in [6, 6.07) is 0.689. The van der Waals surface area contributed by atoms with Crippen LogP contribution >= 0.6 is 0 Å². The van der Waals surface area contributed by atoms with Gasteiger partial charge in [0.25, 0.3) is 0 Å². The first-order valence-electron chi connectivity index (χ1n) is 7.99. The molecule has 1 atom stereocenters. The van der Waals surface area contributed by atoms with Crippen LogP contribution in [0.15, 0.2) is 0 Å². The van der Waals surface area contributed by atoms with Crippen molar-refractivity contribution in [1.29, 1.82) is 0 Å². The van der Waals surface area contributed by atoms with Gasteiger partial charge in [0.1, 0.15) is 0 Å². The highest BCUT2D eigenvalue weighted by Crippen LogP contribution is 2.31. The van der Waals surface area contributed by atoms with Gasteiger partial charge in [-0.15, -0.1) is 0 Å². The van der Waals surface area contributed by atoms with E-state index in [1.54, 1.807) is 7.11 Å². The molecule has 4 nitrogen and oxygen atoms in total. The Kier molecular flexibility index (Phi) is 4.95. The minimum absolute atomic E-state index is 0.256. The third kappa shape index (κ3) is 3.87. The molecule has 2 fully saturated rings. The number of hydrogen-bond acceptors (Lipinski definition) is 2. The van der Waals surface area contributed by atoms with Crippen molar-refractivity contribution >= 4 is 6.03 Å². The van der Waals surface area contributed by atoms with Gasteiger partial charge in [0.15, 0.2) is 0 Å². The number of methoxy groups -OCH3 is 1. The maximum absolute atomic E-state index is 12.7. The number of ether oxygens (including phenoxy) is 1. The maximum atomic E-state index is 12.7. The van der Waals surface area contributed by atoms with Crippen LogP contribution in [-0.4, -0.2) is 54.7 Å². The largest absolute Gasteiger partial charge is 0.381 e. The molecular weight excluding hydrogens is 252 g/mol. The number of likely N-dealkylation sites (tertiary alicyclic amines) is 2. The minimum atomic E-state index is 0.256. The second-order valence-electron chi connectivity index (χ2n) is 7.46. The number of carbonyl (C=O) groups excluding carboxylic acids is 1. The van der Waals surface area contributed by atoms with Crippen molar-refractivity contribution in [2.45, 2.75) is 65.0 Å². The van der Waals surface area contributed by atoms with Gasteiger partial charge in [0, 0.05) is 32.8 Å². The van der Waals surface area contributed by atoms with Crippen LogP contribution in [0, 0.1) is 5.41 Å². The molecule has 20 heavy (non-hydrogen) atoms. The summed E-state index contributed by atoms with van der Waals surface area (Å²) >= 11 is 0. The Morgan fingerprint density at radius 3 is 2.35 bits per heavy atom. The normalized spacial score (nSPS) is 25.3. The molecule has 116 valence electrons. The number of piperidine rings is 1. The van der Waals surface area contributed by atoms with Crippen LogP contribution in [0.5, 0.6) is 0 Å². The van der Waals surface area contributed by atoms with Crippen molar-refractivity contribution in [3.05, 3.63) is 0 Å². The van der Waals surface area contributed by atoms with Gasteiger partial charge in [-0.2, -0.15) is 0 Å². The van der Waals surface area contributed by atoms with Crippen LogP contribution in [0.4, 0.5) is 4.79 Å². The van der Waals surface area contributed by atoms with E-state index in [0.29, 0.717) is 12.1 Å². The Hall–Kier alpha value is -0.770. The average Bonchev–Trinajstić information content (AvgIpc) is 2.84. The fourth-order valence-electron chi connectivity index (χ4n) is 3.47. The third-order valence-electron chi connectivity index (χ3n) is 4.52. The standard InChI is InChI=1S/C16H30N2O2/c1-16(2,3)12-13-6-5-9-18(13)15(19)17-10-7-14(20-4)8-11-17/h13-14H,5-12H2,1-4H3/t13-/m1/s1. The molecule has 0 unspecified atom stereocenters. The number of nitrogens with zero attached hydrogens (tertiary/aromatic N) is 2. The molecule has 0 aromatic rings. The van der Waals surface area contributed by atoms with Crippen molar-refractivity contribution in [2.24, 2.45) is 5.41 Å². The lowest BCUT2D eigenvalue weighted by Crippen LogP contribution is -2.49. The quantitative estimate of drug-likeness (QED) is 0.779. The van der Waals surface area contributed by atoms with Crippen LogP contribution in [0.1, 0.15) is 52.9 Å². The molecule has 0 saturated carbocycles. The van der Waals surface area contributed by atoms with Gasteiger partial charge < -0.3 is 14.5 Å².